The van der Waals surface area contributed by atoms with Crippen LogP contribution in [0.4, 0.5) is 0 Å². The predicted octanol–water partition coefficient (Wildman–Crippen LogP) is 3.66. The topological polar surface area (TPSA) is 105 Å². The van der Waals surface area contributed by atoms with Crippen LogP contribution in [0.15, 0.2) is 24.3 Å². The summed E-state index contributed by atoms with van der Waals surface area (Å²) in [4.78, 5) is 55.4. The zero-order valence-corrected chi connectivity index (χ0v) is 23.8. The highest BCUT2D eigenvalue weighted by molar-refractivity contribution is 6.00. The number of carbonyl (C=O) groups excluding carboxylic acids is 4. The maximum Gasteiger partial charge on any atom is 0.344 e. The summed E-state index contributed by atoms with van der Waals surface area (Å²) >= 11 is 0. The van der Waals surface area contributed by atoms with Crippen LogP contribution in [0.2, 0.25) is 0 Å². The van der Waals surface area contributed by atoms with Crippen molar-refractivity contribution < 1.29 is 28.7 Å². The molecule has 1 saturated heterocycles. The number of amides is 3. The smallest absolute Gasteiger partial charge is 0.344 e. The number of rotatable bonds is 14. The van der Waals surface area contributed by atoms with Crippen molar-refractivity contribution in [1.29, 1.82) is 0 Å². The molecular weight excluding hydrogens is 486 g/mol. The molecular formula is C29H45N3O6. The molecule has 1 aliphatic heterocycles. The molecule has 1 aromatic rings. The highest BCUT2D eigenvalue weighted by Gasteiger charge is 2.39. The van der Waals surface area contributed by atoms with Crippen molar-refractivity contribution in [3.05, 3.63) is 29.8 Å². The van der Waals surface area contributed by atoms with Crippen LogP contribution in [0, 0.1) is 11.8 Å². The Bertz CT molecular complexity index is 948. The summed E-state index contributed by atoms with van der Waals surface area (Å²) in [5.74, 6) is -0.608. The summed E-state index contributed by atoms with van der Waals surface area (Å²) in [6.07, 6.45) is 3.46. The average Bonchev–Trinajstić information content (AvgIpc) is 3.35. The molecule has 212 valence electrons. The lowest BCUT2D eigenvalue weighted by Gasteiger charge is -2.32. The Labute approximate surface area is 227 Å². The van der Waals surface area contributed by atoms with Gasteiger partial charge in [-0.25, -0.2) is 4.79 Å². The number of carbonyl (C=O) groups is 4. The van der Waals surface area contributed by atoms with Crippen LogP contribution in [0.5, 0.6) is 5.75 Å². The van der Waals surface area contributed by atoms with Crippen molar-refractivity contribution in [3.63, 3.8) is 0 Å². The first-order valence-electron chi connectivity index (χ1n) is 13.8. The molecule has 0 aromatic heterocycles. The molecule has 3 amide bonds. The van der Waals surface area contributed by atoms with Gasteiger partial charge in [0.15, 0.2) is 6.61 Å². The molecule has 1 aromatic carbocycles. The summed E-state index contributed by atoms with van der Waals surface area (Å²) < 4.78 is 10.7. The van der Waals surface area contributed by atoms with Gasteiger partial charge >= 0.3 is 5.97 Å². The number of likely N-dealkylation sites (N-methyl/N-ethyl adjacent to an activating group) is 1. The van der Waals surface area contributed by atoms with E-state index in [9.17, 15) is 19.2 Å². The third kappa shape index (κ3) is 9.33. The predicted molar refractivity (Wildman–Crippen MR) is 146 cm³/mol. The molecule has 0 unspecified atom stereocenters. The van der Waals surface area contributed by atoms with Crippen molar-refractivity contribution in [1.82, 2.24) is 15.1 Å². The van der Waals surface area contributed by atoms with Gasteiger partial charge in [0, 0.05) is 20.1 Å². The Hall–Kier alpha value is -3.10. The van der Waals surface area contributed by atoms with Gasteiger partial charge in [-0.15, -0.1) is 0 Å². The van der Waals surface area contributed by atoms with E-state index in [4.69, 9.17) is 9.47 Å². The molecule has 9 heteroatoms. The van der Waals surface area contributed by atoms with Crippen LogP contribution in [-0.2, 0) is 19.1 Å². The fourth-order valence-corrected chi connectivity index (χ4v) is 4.60. The monoisotopic (exact) mass is 531 g/mol. The summed E-state index contributed by atoms with van der Waals surface area (Å²) in [7, 11) is 1.77. The first-order chi connectivity index (χ1) is 18.0. The van der Waals surface area contributed by atoms with E-state index < -0.39 is 24.0 Å². The van der Waals surface area contributed by atoms with Gasteiger partial charge in [-0.1, -0.05) is 53.2 Å². The van der Waals surface area contributed by atoms with Crippen molar-refractivity contribution in [2.24, 2.45) is 11.8 Å². The molecule has 9 nitrogen and oxygen atoms in total. The fourth-order valence-electron chi connectivity index (χ4n) is 4.60. The van der Waals surface area contributed by atoms with Gasteiger partial charge in [0.25, 0.3) is 5.91 Å². The molecule has 1 heterocycles. The first kappa shape index (κ1) is 31.1. The molecule has 0 bridgehead atoms. The highest BCUT2D eigenvalue weighted by Crippen LogP contribution is 2.23. The van der Waals surface area contributed by atoms with E-state index in [1.807, 2.05) is 34.6 Å². The molecule has 0 saturated carbocycles. The molecule has 2 rings (SSSR count). The lowest BCUT2D eigenvalue weighted by molar-refractivity contribution is -0.146. The molecule has 0 radical (unpaired) electrons. The second kappa shape index (κ2) is 15.3. The Morgan fingerprint density at radius 3 is 2.47 bits per heavy atom. The number of hydrogen-bond acceptors (Lipinski definition) is 6. The van der Waals surface area contributed by atoms with Gasteiger partial charge in [0.05, 0.1) is 12.2 Å². The molecule has 0 spiro atoms. The number of nitrogens with one attached hydrogen (secondary N) is 1. The summed E-state index contributed by atoms with van der Waals surface area (Å²) in [6, 6.07) is 5.28. The Balaban J connectivity index is 2.14. The quantitative estimate of drug-likeness (QED) is 0.290. The van der Waals surface area contributed by atoms with Crippen molar-refractivity contribution in [3.8, 4) is 5.75 Å². The Morgan fingerprint density at radius 1 is 1.11 bits per heavy atom. The van der Waals surface area contributed by atoms with Crippen molar-refractivity contribution in [2.45, 2.75) is 78.8 Å². The van der Waals surface area contributed by atoms with Crippen LogP contribution in [-0.4, -0.2) is 78.9 Å². The molecule has 1 N–H and O–H groups in total. The Morgan fingerprint density at radius 2 is 1.82 bits per heavy atom. The lowest BCUT2D eigenvalue weighted by atomic mass is 10.0. The van der Waals surface area contributed by atoms with Crippen LogP contribution in [0.3, 0.4) is 0 Å². The summed E-state index contributed by atoms with van der Waals surface area (Å²) in [6.45, 7) is 11.2. The number of ether oxygens (including phenoxy) is 2. The minimum atomic E-state index is -0.793. The lowest BCUT2D eigenvalue weighted by Crippen LogP contribution is -2.54. The Kier molecular flexibility index (Phi) is 12.6. The minimum absolute atomic E-state index is 0.0660. The van der Waals surface area contributed by atoms with E-state index in [0.717, 1.165) is 19.3 Å². The average molecular weight is 532 g/mol. The van der Waals surface area contributed by atoms with Crippen LogP contribution < -0.4 is 10.1 Å². The van der Waals surface area contributed by atoms with Gasteiger partial charge in [-0.3, -0.25) is 14.4 Å². The minimum Gasteiger partial charge on any atom is -0.481 e. The fraction of sp³-hybridized carbons (Fsp3) is 0.655. The maximum absolute atomic E-state index is 13.7. The zero-order valence-electron chi connectivity index (χ0n) is 23.8. The molecule has 0 aliphatic carbocycles. The standard InChI is InChI=1S/C29H45N3O6/c1-7-8-16-37-26(33)19-38-25-14-10-9-12-22(25)27(34)30-23(17-20(2)3)28(35)32-15-11-13-24(32)29(36)31(6)18-21(4)5/h9-10,12,14,20-21,23-24H,7-8,11,13,15-19H2,1-6H3,(H,30,34)/t23-,24-/m1/s1. The second-order valence-electron chi connectivity index (χ2n) is 10.8. The number of esters is 1. The largest absolute Gasteiger partial charge is 0.481 e. The number of benzene rings is 1. The second-order valence-corrected chi connectivity index (χ2v) is 10.8. The summed E-state index contributed by atoms with van der Waals surface area (Å²) in [5.41, 5.74) is 0.223. The van der Waals surface area contributed by atoms with Gasteiger partial charge in [0.1, 0.15) is 17.8 Å². The van der Waals surface area contributed by atoms with E-state index in [1.165, 1.54) is 0 Å². The number of likely N-dealkylation sites (tertiary alicyclic amines) is 1. The van der Waals surface area contributed by atoms with Crippen molar-refractivity contribution >= 4 is 23.7 Å². The van der Waals surface area contributed by atoms with Crippen LogP contribution in [0.1, 0.15) is 77.1 Å². The van der Waals surface area contributed by atoms with Gasteiger partial charge in [0.2, 0.25) is 11.8 Å². The van der Waals surface area contributed by atoms with E-state index in [1.54, 1.807) is 41.1 Å². The number of nitrogens with zero attached hydrogens (tertiary/aromatic N) is 2. The third-order valence-corrected chi connectivity index (χ3v) is 6.38. The molecule has 1 fully saturated rings. The van der Waals surface area contributed by atoms with Crippen LogP contribution >= 0.6 is 0 Å². The van der Waals surface area contributed by atoms with E-state index in [2.05, 4.69) is 5.32 Å². The van der Waals surface area contributed by atoms with E-state index >= 15 is 0 Å². The molecule has 38 heavy (non-hydrogen) atoms. The highest BCUT2D eigenvalue weighted by atomic mass is 16.6. The molecule has 2 atom stereocenters. The summed E-state index contributed by atoms with van der Waals surface area (Å²) in [5, 5.41) is 2.88. The molecule has 1 aliphatic rings. The van der Waals surface area contributed by atoms with Gasteiger partial charge in [-0.2, -0.15) is 0 Å². The van der Waals surface area contributed by atoms with E-state index in [-0.39, 0.29) is 35.7 Å². The van der Waals surface area contributed by atoms with Gasteiger partial charge < -0.3 is 24.6 Å². The zero-order chi connectivity index (χ0) is 28.2. The van der Waals surface area contributed by atoms with Crippen LogP contribution in [0.25, 0.3) is 0 Å². The number of unbranched alkanes of at least 4 members (excludes halogenated alkanes) is 1. The third-order valence-electron chi connectivity index (χ3n) is 6.38. The number of hydrogen-bond donors (Lipinski definition) is 1. The van der Waals surface area contributed by atoms with Gasteiger partial charge in [-0.05, 0) is 49.7 Å². The normalized spacial score (nSPS) is 15.9. The SMILES string of the molecule is CCCCOC(=O)COc1ccccc1C(=O)N[C@H](CC(C)C)C(=O)N1CCC[C@@H]1C(=O)N(C)CC(C)C. The maximum atomic E-state index is 13.7. The first-order valence-corrected chi connectivity index (χ1v) is 13.8. The van der Waals surface area contributed by atoms with Crippen molar-refractivity contribution in [2.75, 3.05) is 33.4 Å². The number of para-hydroxylation sites is 1. The van der Waals surface area contributed by atoms with E-state index in [0.29, 0.717) is 38.5 Å².